The number of hydrogen-bond acceptors (Lipinski definition) is 5. The Morgan fingerprint density at radius 2 is 1.56 bits per heavy atom. The Bertz CT molecular complexity index is 1090. The quantitative estimate of drug-likeness (QED) is 0.564. The van der Waals surface area contributed by atoms with E-state index in [1.165, 1.54) is 0 Å². The number of morpholine rings is 1. The highest BCUT2D eigenvalue weighted by molar-refractivity contribution is 6.09. The number of rotatable bonds is 6. The van der Waals surface area contributed by atoms with Crippen molar-refractivity contribution in [1.29, 1.82) is 0 Å². The molecule has 4 rings (SSSR count). The fourth-order valence-electron chi connectivity index (χ4n) is 4.32. The molecule has 1 heterocycles. The molecule has 0 unspecified atom stereocenters. The van der Waals surface area contributed by atoms with Gasteiger partial charge in [0.05, 0.1) is 30.6 Å². The number of amides is 2. The van der Waals surface area contributed by atoms with E-state index in [2.05, 4.69) is 15.5 Å². The fraction of sp³-hybridized carbons (Fsp3) is 0.346. The zero-order chi connectivity index (χ0) is 24.1. The first-order valence-corrected chi connectivity index (χ1v) is 11.5. The molecule has 2 aromatic rings. The van der Waals surface area contributed by atoms with Crippen LogP contribution in [0.4, 0.5) is 17.1 Å². The molecule has 1 aliphatic heterocycles. The monoisotopic (exact) mass is 463 g/mol. The number of allylic oxidation sites excluding steroid dienone is 2. The van der Waals surface area contributed by atoms with Gasteiger partial charge in [-0.25, -0.2) is 0 Å². The Balaban J connectivity index is 1.59. The van der Waals surface area contributed by atoms with Gasteiger partial charge in [-0.3, -0.25) is 14.4 Å². The number of carbonyl (C=O) groups excluding carboxylic acids is 2. The number of carboxylic acid groups (broad SMARTS) is 1. The van der Waals surface area contributed by atoms with Crippen LogP contribution in [0.25, 0.3) is 0 Å². The lowest BCUT2D eigenvalue weighted by Crippen LogP contribution is -2.37. The van der Waals surface area contributed by atoms with Crippen molar-refractivity contribution in [3.05, 3.63) is 65.7 Å². The summed E-state index contributed by atoms with van der Waals surface area (Å²) in [4.78, 5) is 39.9. The summed E-state index contributed by atoms with van der Waals surface area (Å²) in [6.45, 7) is 4.44. The summed E-state index contributed by atoms with van der Waals surface area (Å²) in [6, 6.07) is 12.8. The molecule has 2 amide bonds. The lowest BCUT2D eigenvalue weighted by atomic mass is 9.82. The Labute approximate surface area is 198 Å². The second kappa shape index (κ2) is 10.5. The largest absolute Gasteiger partial charge is 0.481 e. The molecule has 2 aromatic carbocycles. The molecular weight excluding hydrogens is 434 g/mol. The molecule has 0 aromatic heterocycles. The van der Waals surface area contributed by atoms with E-state index in [4.69, 9.17) is 4.74 Å². The first-order chi connectivity index (χ1) is 16.4. The third-order valence-corrected chi connectivity index (χ3v) is 6.26. The number of aliphatic carboxylic acids is 1. The predicted molar refractivity (Wildman–Crippen MR) is 130 cm³/mol. The minimum Gasteiger partial charge on any atom is -0.481 e. The van der Waals surface area contributed by atoms with Crippen LogP contribution in [0.1, 0.15) is 28.8 Å². The zero-order valence-electron chi connectivity index (χ0n) is 19.1. The molecule has 1 fully saturated rings. The summed E-state index contributed by atoms with van der Waals surface area (Å²) in [6.07, 6.45) is 4.34. The number of aryl methyl sites for hydroxylation is 1. The summed E-state index contributed by atoms with van der Waals surface area (Å²) < 4.78 is 5.45. The standard InChI is InChI=1S/C26H29N3O5/c1-17-6-8-18(9-7-17)27-25(31)22-16-19(10-11-23(22)29-12-14-34-15-13-29)28-24(30)20-4-2-3-5-21(20)26(32)33/h2-3,6-11,16,20-21H,4-5,12-15H2,1H3,(H,27,31)(H,28,30)(H,32,33)/t20-,21+/m0/s1. The van der Waals surface area contributed by atoms with E-state index in [1.807, 2.05) is 43.3 Å². The highest BCUT2D eigenvalue weighted by Gasteiger charge is 2.34. The van der Waals surface area contributed by atoms with Gasteiger partial charge in [0.2, 0.25) is 5.91 Å². The van der Waals surface area contributed by atoms with Crippen LogP contribution in [0.2, 0.25) is 0 Å². The van der Waals surface area contributed by atoms with Crippen molar-refractivity contribution in [2.75, 3.05) is 41.8 Å². The number of nitrogens with zero attached hydrogens (tertiary/aromatic N) is 1. The van der Waals surface area contributed by atoms with Gasteiger partial charge in [-0.05, 0) is 50.1 Å². The average molecular weight is 464 g/mol. The fourth-order valence-corrected chi connectivity index (χ4v) is 4.32. The minimum atomic E-state index is -0.981. The summed E-state index contributed by atoms with van der Waals surface area (Å²) in [7, 11) is 0. The van der Waals surface area contributed by atoms with Gasteiger partial charge in [0.1, 0.15) is 0 Å². The molecule has 0 radical (unpaired) electrons. The van der Waals surface area contributed by atoms with Crippen LogP contribution in [0.3, 0.4) is 0 Å². The second-order valence-electron chi connectivity index (χ2n) is 8.63. The average Bonchev–Trinajstić information content (AvgIpc) is 2.86. The van der Waals surface area contributed by atoms with Crippen LogP contribution in [-0.2, 0) is 14.3 Å². The van der Waals surface area contributed by atoms with E-state index in [-0.39, 0.29) is 11.8 Å². The number of nitrogens with one attached hydrogen (secondary N) is 2. The molecule has 1 aliphatic carbocycles. The Morgan fingerprint density at radius 1 is 0.912 bits per heavy atom. The number of carboxylic acids is 1. The van der Waals surface area contributed by atoms with E-state index >= 15 is 0 Å². The molecule has 3 N–H and O–H groups in total. The van der Waals surface area contributed by atoms with Crippen LogP contribution in [0.15, 0.2) is 54.6 Å². The van der Waals surface area contributed by atoms with Crippen molar-refractivity contribution >= 4 is 34.8 Å². The topological polar surface area (TPSA) is 108 Å². The SMILES string of the molecule is Cc1ccc(NC(=O)c2cc(NC(=O)[C@H]3CC=CC[C@H]3C(=O)O)ccc2N2CCOCC2)cc1. The molecular formula is C26H29N3O5. The number of anilines is 3. The zero-order valence-corrected chi connectivity index (χ0v) is 19.1. The van der Waals surface area contributed by atoms with Crippen molar-refractivity contribution < 1.29 is 24.2 Å². The Hall–Kier alpha value is -3.65. The van der Waals surface area contributed by atoms with Crippen LogP contribution < -0.4 is 15.5 Å². The third kappa shape index (κ3) is 5.46. The Morgan fingerprint density at radius 3 is 2.24 bits per heavy atom. The van der Waals surface area contributed by atoms with Gasteiger partial charge in [0, 0.05) is 30.2 Å². The third-order valence-electron chi connectivity index (χ3n) is 6.26. The number of benzene rings is 2. The molecule has 8 heteroatoms. The summed E-state index contributed by atoms with van der Waals surface area (Å²) in [5.41, 5.74) is 3.41. The molecule has 0 spiro atoms. The lowest BCUT2D eigenvalue weighted by Gasteiger charge is -2.30. The van der Waals surface area contributed by atoms with E-state index < -0.39 is 17.8 Å². The minimum absolute atomic E-state index is 0.287. The smallest absolute Gasteiger partial charge is 0.307 e. The van der Waals surface area contributed by atoms with Gasteiger partial charge < -0.3 is 25.4 Å². The maximum absolute atomic E-state index is 13.3. The van der Waals surface area contributed by atoms with E-state index in [9.17, 15) is 19.5 Å². The normalized spacial score (nSPS) is 20.0. The van der Waals surface area contributed by atoms with Crippen molar-refractivity contribution in [3.63, 3.8) is 0 Å². The van der Waals surface area contributed by atoms with E-state index in [0.717, 1.165) is 11.3 Å². The van der Waals surface area contributed by atoms with Gasteiger partial charge in [0.25, 0.3) is 5.91 Å². The summed E-state index contributed by atoms with van der Waals surface area (Å²) >= 11 is 0. The lowest BCUT2D eigenvalue weighted by molar-refractivity contribution is -0.146. The molecule has 178 valence electrons. The maximum atomic E-state index is 13.3. The van der Waals surface area contributed by atoms with Crippen molar-refractivity contribution in [2.45, 2.75) is 19.8 Å². The second-order valence-corrected chi connectivity index (χ2v) is 8.63. The molecule has 0 bridgehead atoms. The molecule has 2 atom stereocenters. The van der Waals surface area contributed by atoms with Gasteiger partial charge >= 0.3 is 5.97 Å². The first kappa shape index (κ1) is 23.5. The van der Waals surface area contributed by atoms with Gasteiger partial charge in [-0.2, -0.15) is 0 Å². The van der Waals surface area contributed by atoms with Crippen LogP contribution in [0.5, 0.6) is 0 Å². The number of ether oxygens (including phenoxy) is 1. The van der Waals surface area contributed by atoms with Crippen molar-refractivity contribution in [2.24, 2.45) is 11.8 Å². The van der Waals surface area contributed by atoms with E-state index in [0.29, 0.717) is 56.1 Å². The predicted octanol–water partition coefficient (Wildman–Crippen LogP) is 3.69. The molecule has 2 aliphatic rings. The molecule has 8 nitrogen and oxygen atoms in total. The van der Waals surface area contributed by atoms with Crippen molar-refractivity contribution in [1.82, 2.24) is 0 Å². The molecule has 0 saturated carbocycles. The van der Waals surface area contributed by atoms with Crippen LogP contribution >= 0.6 is 0 Å². The van der Waals surface area contributed by atoms with Gasteiger partial charge in [-0.15, -0.1) is 0 Å². The maximum Gasteiger partial charge on any atom is 0.307 e. The van der Waals surface area contributed by atoms with Gasteiger partial charge in [-0.1, -0.05) is 29.8 Å². The highest BCUT2D eigenvalue weighted by Crippen LogP contribution is 2.30. The van der Waals surface area contributed by atoms with Crippen LogP contribution in [0, 0.1) is 18.8 Å². The van der Waals surface area contributed by atoms with E-state index in [1.54, 1.807) is 18.2 Å². The number of carbonyl (C=O) groups is 3. The summed E-state index contributed by atoms with van der Waals surface area (Å²) in [5, 5.41) is 15.3. The summed E-state index contributed by atoms with van der Waals surface area (Å²) in [5.74, 6) is -3.05. The van der Waals surface area contributed by atoms with Crippen LogP contribution in [-0.4, -0.2) is 49.2 Å². The van der Waals surface area contributed by atoms with Gasteiger partial charge in [0.15, 0.2) is 0 Å². The molecule has 34 heavy (non-hydrogen) atoms. The number of hydrogen-bond donors (Lipinski definition) is 3. The highest BCUT2D eigenvalue weighted by atomic mass is 16.5. The van der Waals surface area contributed by atoms with Crippen molar-refractivity contribution in [3.8, 4) is 0 Å². The molecule has 1 saturated heterocycles. The Kier molecular flexibility index (Phi) is 7.27. The first-order valence-electron chi connectivity index (χ1n) is 11.5.